The van der Waals surface area contributed by atoms with Gasteiger partial charge in [0.25, 0.3) is 0 Å². The van der Waals surface area contributed by atoms with E-state index in [4.69, 9.17) is 14.6 Å². The second-order valence-electron chi connectivity index (χ2n) is 3.41. The SMILES string of the molecule is CCOC(C)COc1ccc(C(=O)O)cc1. The third-order valence-electron chi connectivity index (χ3n) is 2.04. The van der Waals surface area contributed by atoms with Gasteiger partial charge < -0.3 is 14.6 Å². The molecule has 0 aliphatic heterocycles. The van der Waals surface area contributed by atoms with Crippen LogP contribution >= 0.6 is 0 Å². The molecule has 1 aromatic rings. The summed E-state index contributed by atoms with van der Waals surface area (Å²) < 4.78 is 10.7. The van der Waals surface area contributed by atoms with Crippen molar-refractivity contribution in [3.63, 3.8) is 0 Å². The normalized spacial score (nSPS) is 12.1. The largest absolute Gasteiger partial charge is 0.491 e. The van der Waals surface area contributed by atoms with Gasteiger partial charge in [0.1, 0.15) is 12.4 Å². The lowest BCUT2D eigenvalue weighted by Crippen LogP contribution is -2.17. The van der Waals surface area contributed by atoms with Crippen molar-refractivity contribution >= 4 is 5.97 Å². The molecule has 1 unspecified atom stereocenters. The maximum Gasteiger partial charge on any atom is 0.335 e. The van der Waals surface area contributed by atoms with Crippen LogP contribution in [-0.2, 0) is 4.74 Å². The Morgan fingerprint density at radius 3 is 2.50 bits per heavy atom. The summed E-state index contributed by atoms with van der Waals surface area (Å²) in [7, 11) is 0. The van der Waals surface area contributed by atoms with Crippen LogP contribution in [0.5, 0.6) is 5.75 Å². The van der Waals surface area contributed by atoms with Crippen molar-refractivity contribution in [2.75, 3.05) is 13.2 Å². The molecule has 0 aliphatic rings. The van der Waals surface area contributed by atoms with E-state index in [1.54, 1.807) is 12.1 Å². The Bertz CT molecular complexity index is 331. The average molecular weight is 224 g/mol. The van der Waals surface area contributed by atoms with E-state index in [1.165, 1.54) is 12.1 Å². The molecule has 0 fully saturated rings. The van der Waals surface area contributed by atoms with E-state index in [1.807, 2.05) is 13.8 Å². The van der Waals surface area contributed by atoms with Crippen molar-refractivity contribution < 1.29 is 19.4 Å². The maximum absolute atomic E-state index is 10.6. The molecule has 88 valence electrons. The van der Waals surface area contributed by atoms with Crippen LogP contribution in [0.3, 0.4) is 0 Å². The molecule has 1 N–H and O–H groups in total. The van der Waals surface area contributed by atoms with Crippen LogP contribution in [0.25, 0.3) is 0 Å². The summed E-state index contributed by atoms with van der Waals surface area (Å²) in [4.78, 5) is 10.6. The molecule has 0 amide bonds. The number of benzene rings is 1. The fraction of sp³-hybridized carbons (Fsp3) is 0.417. The van der Waals surface area contributed by atoms with Gasteiger partial charge in [-0.05, 0) is 38.1 Å². The summed E-state index contributed by atoms with van der Waals surface area (Å²) in [5, 5.41) is 8.70. The predicted molar refractivity (Wildman–Crippen MR) is 60.0 cm³/mol. The Balaban J connectivity index is 2.46. The van der Waals surface area contributed by atoms with Gasteiger partial charge in [-0.2, -0.15) is 0 Å². The number of carboxylic acid groups (broad SMARTS) is 1. The molecule has 1 rings (SSSR count). The number of hydrogen-bond donors (Lipinski definition) is 1. The van der Waals surface area contributed by atoms with Crippen molar-refractivity contribution in [2.45, 2.75) is 20.0 Å². The van der Waals surface area contributed by atoms with Crippen LogP contribution in [-0.4, -0.2) is 30.4 Å². The van der Waals surface area contributed by atoms with Gasteiger partial charge in [0.05, 0.1) is 11.7 Å². The molecule has 0 aliphatic carbocycles. The number of carbonyl (C=O) groups is 1. The molecule has 0 saturated heterocycles. The summed E-state index contributed by atoms with van der Waals surface area (Å²) >= 11 is 0. The Morgan fingerprint density at radius 1 is 1.38 bits per heavy atom. The number of hydrogen-bond acceptors (Lipinski definition) is 3. The van der Waals surface area contributed by atoms with E-state index >= 15 is 0 Å². The Morgan fingerprint density at radius 2 is 2.00 bits per heavy atom. The summed E-state index contributed by atoms with van der Waals surface area (Å²) in [5.41, 5.74) is 0.255. The highest BCUT2D eigenvalue weighted by atomic mass is 16.5. The Hall–Kier alpha value is -1.55. The van der Waals surface area contributed by atoms with Gasteiger partial charge in [-0.15, -0.1) is 0 Å². The number of aromatic carboxylic acids is 1. The lowest BCUT2D eigenvalue weighted by molar-refractivity contribution is 0.0402. The molecule has 4 heteroatoms. The standard InChI is InChI=1S/C12H16O4/c1-3-15-9(2)8-16-11-6-4-10(5-7-11)12(13)14/h4-7,9H,3,8H2,1-2H3,(H,13,14). The highest BCUT2D eigenvalue weighted by Gasteiger charge is 2.04. The summed E-state index contributed by atoms with van der Waals surface area (Å²) in [6.45, 7) is 4.97. The zero-order valence-electron chi connectivity index (χ0n) is 9.47. The zero-order valence-corrected chi connectivity index (χ0v) is 9.47. The fourth-order valence-corrected chi connectivity index (χ4v) is 1.24. The van der Waals surface area contributed by atoms with Crippen LogP contribution < -0.4 is 4.74 Å². The summed E-state index contributed by atoms with van der Waals surface area (Å²) in [6.07, 6.45) is 0.0316. The Kier molecular flexibility index (Phi) is 4.79. The molecule has 0 heterocycles. The number of carboxylic acids is 1. The molecular formula is C12H16O4. The first-order valence-electron chi connectivity index (χ1n) is 5.21. The Labute approximate surface area is 94.8 Å². The maximum atomic E-state index is 10.6. The van der Waals surface area contributed by atoms with Gasteiger partial charge >= 0.3 is 5.97 Å². The van der Waals surface area contributed by atoms with Crippen molar-refractivity contribution in [2.24, 2.45) is 0 Å². The van der Waals surface area contributed by atoms with E-state index in [9.17, 15) is 4.79 Å². The molecule has 0 aromatic heterocycles. The molecule has 16 heavy (non-hydrogen) atoms. The second-order valence-corrected chi connectivity index (χ2v) is 3.41. The lowest BCUT2D eigenvalue weighted by Gasteiger charge is -2.12. The molecule has 0 bridgehead atoms. The minimum Gasteiger partial charge on any atom is -0.491 e. The van der Waals surface area contributed by atoms with Crippen LogP contribution in [0.15, 0.2) is 24.3 Å². The minimum atomic E-state index is -0.936. The van der Waals surface area contributed by atoms with Gasteiger partial charge in [0.2, 0.25) is 0 Å². The van der Waals surface area contributed by atoms with E-state index in [0.717, 1.165) is 0 Å². The topological polar surface area (TPSA) is 55.8 Å². The van der Waals surface area contributed by atoms with Crippen LogP contribution in [0, 0.1) is 0 Å². The third kappa shape index (κ3) is 3.90. The van der Waals surface area contributed by atoms with E-state index in [-0.39, 0.29) is 11.7 Å². The molecule has 0 radical (unpaired) electrons. The van der Waals surface area contributed by atoms with Crippen LogP contribution in [0.2, 0.25) is 0 Å². The first kappa shape index (κ1) is 12.5. The van der Waals surface area contributed by atoms with Gasteiger partial charge in [-0.1, -0.05) is 0 Å². The number of rotatable bonds is 6. The third-order valence-corrected chi connectivity index (χ3v) is 2.04. The first-order chi connectivity index (χ1) is 7.63. The van der Waals surface area contributed by atoms with Gasteiger partial charge in [-0.25, -0.2) is 4.79 Å². The molecule has 1 aromatic carbocycles. The predicted octanol–water partition coefficient (Wildman–Crippen LogP) is 2.19. The van der Waals surface area contributed by atoms with Crippen LogP contribution in [0.1, 0.15) is 24.2 Å². The van der Waals surface area contributed by atoms with E-state index < -0.39 is 5.97 Å². The lowest BCUT2D eigenvalue weighted by atomic mass is 10.2. The van der Waals surface area contributed by atoms with Crippen LogP contribution in [0.4, 0.5) is 0 Å². The fourth-order valence-electron chi connectivity index (χ4n) is 1.24. The van der Waals surface area contributed by atoms with E-state index in [2.05, 4.69) is 0 Å². The van der Waals surface area contributed by atoms with Gasteiger partial charge in [0.15, 0.2) is 0 Å². The van der Waals surface area contributed by atoms with Crippen molar-refractivity contribution in [3.8, 4) is 5.75 Å². The molecule has 4 nitrogen and oxygen atoms in total. The van der Waals surface area contributed by atoms with Gasteiger partial charge in [0, 0.05) is 6.61 Å². The molecular weight excluding hydrogens is 208 g/mol. The first-order valence-corrected chi connectivity index (χ1v) is 5.21. The second kappa shape index (κ2) is 6.12. The highest BCUT2D eigenvalue weighted by molar-refractivity contribution is 5.87. The van der Waals surface area contributed by atoms with Crippen molar-refractivity contribution in [1.29, 1.82) is 0 Å². The molecule has 0 spiro atoms. The van der Waals surface area contributed by atoms with Crippen molar-refractivity contribution in [1.82, 2.24) is 0 Å². The minimum absolute atomic E-state index is 0.0316. The quantitative estimate of drug-likeness (QED) is 0.804. The van der Waals surface area contributed by atoms with Crippen molar-refractivity contribution in [3.05, 3.63) is 29.8 Å². The molecule has 0 saturated carbocycles. The summed E-state index contributed by atoms with van der Waals surface area (Å²) in [6, 6.07) is 6.32. The highest BCUT2D eigenvalue weighted by Crippen LogP contribution is 2.12. The average Bonchev–Trinajstić information content (AvgIpc) is 2.27. The molecule has 1 atom stereocenters. The zero-order chi connectivity index (χ0) is 12.0. The summed E-state index contributed by atoms with van der Waals surface area (Å²) in [5.74, 6) is -0.286. The van der Waals surface area contributed by atoms with E-state index in [0.29, 0.717) is 19.0 Å². The number of ether oxygens (including phenoxy) is 2. The smallest absolute Gasteiger partial charge is 0.335 e. The monoisotopic (exact) mass is 224 g/mol. The van der Waals surface area contributed by atoms with Gasteiger partial charge in [-0.3, -0.25) is 0 Å².